The largest absolute Gasteiger partial charge is 0.416 e. The molecule has 0 atom stereocenters. The van der Waals surface area contributed by atoms with Gasteiger partial charge in [-0.15, -0.1) is 0 Å². The van der Waals surface area contributed by atoms with E-state index in [0.717, 1.165) is 25.0 Å². The Kier molecular flexibility index (Phi) is 2.82. The number of carbonyl (C=O) groups excluding carboxylic acids is 1. The number of nitrogens with one attached hydrogen (secondary N) is 1. The molecule has 3 N–H and O–H groups in total. The lowest BCUT2D eigenvalue weighted by Crippen LogP contribution is -2.30. The molecule has 1 fully saturated rings. The number of rotatable bonds is 2. The summed E-state index contributed by atoms with van der Waals surface area (Å²) in [6, 6.07) is 3.38. The number of hydrazine groups is 1. The number of hydrogen-bond acceptors (Lipinski definition) is 2. The molecule has 3 nitrogen and oxygen atoms in total. The Bertz CT molecular complexity index is 453. The van der Waals surface area contributed by atoms with Crippen molar-refractivity contribution in [3.63, 3.8) is 0 Å². The first-order valence-electron chi connectivity index (χ1n) is 5.15. The first kappa shape index (κ1) is 11.9. The fourth-order valence-electron chi connectivity index (χ4n) is 1.68. The number of alkyl halides is 3. The molecule has 17 heavy (non-hydrogen) atoms. The Balaban J connectivity index is 2.46. The molecule has 1 amide bonds. The molecule has 1 saturated carbocycles. The average molecular weight is 244 g/mol. The van der Waals surface area contributed by atoms with Gasteiger partial charge in [0.25, 0.3) is 5.91 Å². The number of nitrogen functional groups attached to an aromatic ring is 1. The van der Waals surface area contributed by atoms with Crippen molar-refractivity contribution in [2.75, 3.05) is 0 Å². The molecule has 2 rings (SSSR count). The van der Waals surface area contributed by atoms with E-state index in [9.17, 15) is 18.0 Å². The first-order chi connectivity index (χ1) is 7.91. The van der Waals surface area contributed by atoms with Crippen LogP contribution in [0.15, 0.2) is 18.2 Å². The molecule has 0 aromatic heterocycles. The number of nitrogens with two attached hydrogens (primary N) is 1. The third-order valence-corrected chi connectivity index (χ3v) is 2.72. The van der Waals surface area contributed by atoms with Crippen molar-refractivity contribution in [1.29, 1.82) is 0 Å². The van der Waals surface area contributed by atoms with E-state index in [1.165, 1.54) is 6.07 Å². The van der Waals surface area contributed by atoms with E-state index < -0.39 is 17.6 Å². The lowest BCUT2D eigenvalue weighted by Gasteiger charge is -2.11. The van der Waals surface area contributed by atoms with Gasteiger partial charge in [0.2, 0.25) is 0 Å². The molecular formula is C11H11F3N2O. The van der Waals surface area contributed by atoms with Crippen molar-refractivity contribution >= 4 is 5.91 Å². The van der Waals surface area contributed by atoms with Crippen molar-refractivity contribution in [2.45, 2.75) is 24.9 Å². The van der Waals surface area contributed by atoms with Gasteiger partial charge in [-0.1, -0.05) is 0 Å². The summed E-state index contributed by atoms with van der Waals surface area (Å²) in [4.78, 5) is 11.3. The normalized spacial score (nSPS) is 15.8. The van der Waals surface area contributed by atoms with Gasteiger partial charge in [-0.25, -0.2) is 5.84 Å². The molecule has 1 aliphatic rings. The highest BCUT2D eigenvalue weighted by molar-refractivity contribution is 5.94. The number of amides is 1. The number of carbonyl (C=O) groups is 1. The highest BCUT2D eigenvalue weighted by Gasteiger charge is 2.34. The summed E-state index contributed by atoms with van der Waals surface area (Å²) in [6.07, 6.45) is -2.72. The molecule has 0 unspecified atom stereocenters. The van der Waals surface area contributed by atoms with Gasteiger partial charge in [0.1, 0.15) is 0 Å². The van der Waals surface area contributed by atoms with Crippen molar-refractivity contribution in [3.8, 4) is 0 Å². The summed E-state index contributed by atoms with van der Waals surface area (Å²) in [7, 11) is 0. The standard InChI is InChI=1S/C11H11F3N2O/c12-11(13,14)9-4-7(6-1-2-6)3-8(5-9)10(17)16-15/h3-6H,1-2,15H2,(H,16,17). The third-order valence-electron chi connectivity index (χ3n) is 2.72. The minimum atomic E-state index is -4.45. The van der Waals surface area contributed by atoms with E-state index in [1.807, 2.05) is 5.43 Å². The van der Waals surface area contributed by atoms with Crippen LogP contribution in [0.5, 0.6) is 0 Å². The molecule has 0 saturated heterocycles. The number of benzene rings is 1. The number of hydrogen-bond donors (Lipinski definition) is 2. The minimum absolute atomic E-state index is 0.0516. The molecule has 1 aromatic rings. The molecule has 0 heterocycles. The van der Waals surface area contributed by atoms with Crippen LogP contribution in [0.25, 0.3) is 0 Å². The van der Waals surface area contributed by atoms with Crippen molar-refractivity contribution in [1.82, 2.24) is 5.43 Å². The van der Waals surface area contributed by atoms with E-state index in [-0.39, 0.29) is 11.5 Å². The summed E-state index contributed by atoms with van der Waals surface area (Å²) in [5.74, 6) is 4.35. The minimum Gasteiger partial charge on any atom is -0.290 e. The van der Waals surface area contributed by atoms with Crippen molar-refractivity contribution < 1.29 is 18.0 Å². The van der Waals surface area contributed by atoms with Gasteiger partial charge in [0, 0.05) is 5.56 Å². The second kappa shape index (κ2) is 4.03. The molecule has 0 aliphatic heterocycles. The van der Waals surface area contributed by atoms with Crippen LogP contribution < -0.4 is 11.3 Å². The topological polar surface area (TPSA) is 55.1 Å². The Morgan fingerprint density at radius 2 is 1.94 bits per heavy atom. The van der Waals surface area contributed by atoms with E-state index in [4.69, 9.17) is 5.84 Å². The Morgan fingerprint density at radius 3 is 2.41 bits per heavy atom. The van der Waals surface area contributed by atoms with Crippen LogP contribution in [0, 0.1) is 0 Å². The predicted molar refractivity (Wildman–Crippen MR) is 55.1 cm³/mol. The van der Waals surface area contributed by atoms with Crippen molar-refractivity contribution in [3.05, 3.63) is 34.9 Å². The molecule has 0 radical (unpaired) electrons. The SMILES string of the molecule is NNC(=O)c1cc(C2CC2)cc(C(F)(F)F)c1. The zero-order valence-corrected chi connectivity index (χ0v) is 8.84. The number of halogens is 3. The third kappa shape index (κ3) is 2.58. The fourth-order valence-corrected chi connectivity index (χ4v) is 1.68. The molecular weight excluding hydrogens is 233 g/mol. The van der Waals surface area contributed by atoms with Gasteiger partial charge >= 0.3 is 6.18 Å². The summed E-state index contributed by atoms with van der Waals surface area (Å²) < 4.78 is 37.9. The lowest BCUT2D eigenvalue weighted by atomic mass is 10.0. The van der Waals surface area contributed by atoms with Crippen LogP contribution in [0.3, 0.4) is 0 Å². The molecule has 6 heteroatoms. The van der Waals surface area contributed by atoms with Crippen LogP contribution in [-0.2, 0) is 6.18 Å². The van der Waals surface area contributed by atoms with E-state index in [1.54, 1.807) is 0 Å². The molecule has 1 aliphatic carbocycles. The smallest absolute Gasteiger partial charge is 0.290 e. The summed E-state index contributed by atoms with van der Waals surface area (Å²) in [6.45, 7) is 0. The molecule has 0 spiro atoms. The van der Waals surface area contributed by atoms with Gasteiger partial charge in [-0.2, -0.15) is 13.2 Å². The van der Waals surface area contributed by atoms with E-state index in [2.05, 4.69) is 0 Å². The second-order valence-electron chi connectivity index (χ2n) is 4.09. The zero-order valence-electron chi connectivity index (χ0n) is 8.84. The molecule has 92 valence electrons. The Labute approximate surface area is 95.8 Å². The van der Waals surface area contributed by atoms with Crippen molar-refractivity contribution in [2.24, 2.45) is 5.84 Å². The predicted octanol–water partition coefficient (Wildman–Crippen LogP) is 2.19. The maximum atomic E-state index is 12.6. The van der Waals surface area contributed by atoms with Gasteiger partial charge in [0.05, 0.1) is 5.56 Å². The monoisotopic (exact) mass is 244 g/mol. The summed E-state index contributed by atoms with van der Waals surface area (Å²) in [5, 5.41) is 0. The highest BCUT2D eigenvalue weighted by atomic mass is 19.4. The molecule has 1 aromatic carbocycles. The summed E-state index contributed by atoms with van der Waals surface area (Å²) >= 11 is 0. The maximum absolute atomic E-state index is 12.6. The van der Waals surface area contributed by atoms with Crippen LogP contribution in [-0.4, -0.2) is 5.91 Å². The first-order valence-corrected chi connectivity index (χ1v) is 5.15. The Hall–Kier alpha value is -1.56. The quantitative estimate of drug-likeness (QED) is 0.476. The van der Waals surface area contributed by atoms with Crippen LogP contribution >= 0.6 is 0 Å². The van der Waals surface area contributed by atoms with Gasteiger partial charge in [-0.3, -0.25) is 10.2 Å². The second-order valence-corrected chi connectivity index (χ2v) is 4.09. The van der Waals surface area contributed by atoms with E-state index in [0.29, 0.717) is 5.56 Å². The van der Waals surface area contributed by atoms with Gasteiger partial charge in [-0.05, 0) is 42.5 Å². The van der Waals surface area contributed by atoms with Crippen LogP contribution in [0.2, 0.25) is 0 Å². The summed E-state index contributed by atoms with van der Waals surface area (Å²) in [5.41, 5.74) is 1.54. The van der Waals surface area contributed by atoms with Crippen LogP contribution in [0.1, 0.15) is 40.2 Å². The highest BCUT2D eigenvalue weighted by Crippen LogP contribution is 2.42. The van der Waals surface area contributed by atoms with Crippen LogP contribution in [0.4, 0.5) is 13.2 Å². The van der Waals surface area contributed by atoms with Gasteiger partial charge in [0.15, 0.2) is 0 Å². The Morgan fingerprint density at radius 1 is 1.29 bits per heavy atom. The maximum Gasteiger partial charge on any atom is 0.416 e. The van der Waals surface area contributed by atoms with Gasteiger partial charge < -0.3 is 0 Å². The van der Waals surface area contributed by atoms with E-state index >= 15 is 0 Å². The lowest BCUT2D eigenvalue weighted by molar-refractivity contribution is -0.137. The fraction of sp³-hybridized carbons (Fsp3) is 0.364. The zero-order chi connectivity index (χ0) is 12.6. The molecule has 0 bridgehead atoms. The average Bonchev–Trinajstić information content (AvgIpc) is 3.10.